The molecule has 1 aliphatic rings. The van der Waals surface area contributed by atoms with Gasteiger partial charge in [0, 0.05) is 25.7 Å². The third-order valence-corrected chi connectivity index (χ3v) is 2.73. The highest BCUT2D eigenvalue weighted by Crippen LogP contribution is 2.15. The Kier molecular flexibility index (Phi) is 3.10. The van der Waals surface area contributed by atoms with Crippen LogP contribution < -0.4 is 5.32 Å². The van der Waals surface area contributed by atoms with E-state index in [4.69, 9.17) is 5.26 Å². The van der Waals surface area contributed by atoms with Gasteiger partial charge >= 0.3 is 0 Å². The van der Waals surface area contributed by atoms with Crippen molar-refractivity contribution in [2.75, 3.05) is 20.1 Å². The van der Waals surface area contributed by atoms with Crippen molar-refractivity contribution in [3.63, 3.8) is 0 Å². The summed E-state index contributed by atoms with van der Waals surface area (Å²) in [6, 6.07) is 10.9. The Morgan fingerprint density at radius 1 is 1.41 bits per heavy atom. The fourth-order valence-electron chi connectivity index (χ4n) is 1.81. The molecule has 1 fully saturated rings. The van der Waals surface area contributed by atoms with Gasteiger partial charge in [-0.1, -0.05) is 30.3 Å². The van der Waals surface area contributed by atoms with Gasteiger partial charge in [0.1, 0.15) is 17.5 Å². The van der Waals surface area contributed by atoms with Gasteiger partial charge in [0.25, 0.3) is 0 Å². The lowest BCUT2D eigenvalue weighted by Gasteiger charge is -2.13. The van der Waals surface area contributed by atoms with Gasteiger partial charge in [-0.3, -0.25) is 4.79 Å². The predicted octanol–water partition coefficient (Wildman–Crippen LogP) is 1.14. The molecule has 1 aromatic carbocycles. The van der Waals surface area contributed by atoms with Crippen molar-refractivity contribution < 1.29 is 4.79 Å². The van der Waals surface area contributed by atoms with Crippen LogP contribution in [0.25, 0.3) is 0 Å². The molecule has 1 N–H and O–H groups in total. The number of allylic oxidation sites excluding steroid dienone is 1. The molecule has 0 spiro atoms. The van der Waals surface area contributed by atoms with Crippen molar-refractivity contribution in [1.29, 1.82) is 5.26 Å². The van der Waals surface area contributed by atoms with Crippen LogP contribution in [0.2, 0.25) is 0 Å². The highest BCUT2D eigenvalue weighted by Gasteiger charge is 2.22. The lowest BCUT2D eigenvalue weighted by atomic mass is 10.0. The Labute approximate surface area is 100 Å². The number of benzene rings is 1. The van der Waals surface area contributed by atoms with Gasteiger partial charge in [-0.05, 0) is 0 Å². The number of hydrogen-bond donors (Lipinski definition) is 1. The lowest BCUT2D eigenvalue weighted by Crippen LogP contribution is -2.20. The van der Waals surface area contributed by atoms with E-state index in [0.717, 1.165) is 13.1 Å². The molecule has 1 saturated heterocycles. The van der Waals surface area contributed by atoms with Crippen molar-refractivity contribution in [2.24, 2.45) is 0 Å². The summed E-state index contributed by atoms with van der Waals surface area (Å²) in [7, 11) is 1.87. The van der Waals surface area contributed by atoms with E-state index in [-0.39, 0.29) is 11.4 Å². The summed E-state index contributed by atoms with van der Waals surface area (Å²) in [6.45, 7) is 1.57. The predicted molar refractivity (Wildman–Crippen MR) is 64.0 cm³/mol. The highest BCUT2D eigenvalue weighted by atomic mass is 16.1. The van der Waals surface area contributed by atoms with Gasteiger partial charge in [0.05, 0.1) is 0 Å². The molecule has 17 heavy (non-hydrogen) atoms. The maximum Gasteiger partial charge on any atom is 0.207 e. The van der Waals surface area contributed by atoms with Crippen molar-refractivity contribution in [2.45, 2.75) is 0 Å². The van der Waals surface area contributed by atoms with E-state index in [1.54, 1.807) is 24.3 Å². The summed E-state index contributed by atoms with van der Waals surface area (Å²) in [5.41, 5.74) is 0.717. The number of carbonyl (C=O) groups is 1. The fourth-order valence-corrected chi connectivity index (χ4v) is 1.81. The minimum Gasteiger partial charge on any atom is -0.369 e. The third kappa shape index (κ3) is 2.13. The number of carbonyl (C=O) groups excluding carboxylic acids is 1. The Balaban J connectivity index is 2.39. The van der Waals surface area contributed by atoms with Crippen molar-refractivity contribution in [1.82, 2.24) is 10.2 Å². The molecule has 0 bridgehead atoms. The number of Topliss-reactive ketones (excluding diaryl/α,β-unsaturated/α-hetero) is 1. The average Bonchev–Trinajstić information content (AvgIpc) is 2.78. The van der Waals surface area contributed by atoms with E-state index in [9.17, 15) is 4.79 Å². The van der Waals surface area contributed by atoms with Crippen LogP contribution in [0.4, 0.5) is 0 Å². The van der Waals surface area contributed by atoms with Crippen molar-refractivity contribution >= 4 is 5.78 Å². The summed E-state index contributed by atoms with van der Waals surface area (Å²) >= 11 is 0. The molecule has 0 aromatic heterocycles. The fraction of sp³-hybridized carbons (Fsp3) is 0.231. The maximum absolute atomic E-state index is 12.2. The van der Waals surface area contributed by atoms with Gasteiger partial charge < -0.3 is 10.2 Å². The smallest absolute Gasteiger partial charge is 0.207 e. The first-order valence-electron chi connectivity index (χ1n) is 5.43. The van der Waals surface area contributed by atoms with Gasteiger partial charge in [-0.2, -0.15) is 5.26 Å². The number of rotatable bonds is 2. The van der Waals surface area contributed by atoms with Gasteiger partial charge in [-0.25, -0.2) is 0 Å². The standard InChI is InChI=1S/C13H13N3O/c1-16-8-7-15-13(16)11(9-14)12(17)10-5-3-2-4-6-10/h2-6,15H,7-8H2,1H3/b13-11-. The van der Waals surface area contributed by atoms with Crippen LogP contribution >= 0.6 is 0 Å². The summed E-state index contributed by atoms with van der Waals surface area (Å²) in [5, 5.41) is 12.2. The van der Waals surface area contributed by atoms with Crippen LogP contribution in [0.5, 0.6) is 0 Å². The largest absolute Gasteiger partial charge is 0.369 e. The normalized spacial score (nSPS) is 17.3. The molecular weight excluding hydrogens is 214 g/mol. The molecule has 4 heteroatoms. The first-order chi connectivity index (χ1) is 8.24. The Morgan fingerprint density at radius 2 is 2.12 bits per heavy atom. The van der Waals surface area contributed by atoms with Crippen molar-refractivity contribution in [3.05, 3.63) is 47.3 Å². The van der Waals surface area contributed by atoms with E-state index in [0.29, 0.717) is 11.4 Å². The Bertz CT molecular complexity index is 499. The van der Waals surface area contributed by atoms with Crippen LogP contribution in [0.15, 0.2) is 41.7 Å². The zero-order chi connectivity index (χ0) is 12.3. The first-order valence-corrected chi connectivity index (χ1v) is 5.43. The van der Waals surface area contributed by atoms with E-state index < -0.39 is 0 Å². The molecule has 1 heterocycles. The quantitative estimate of drug-likeness (QED) is 0.467. The summed E-state index contributed by atoms with van der Waals surface area (Å²) in [6.07, 6.45) is 0. The van der Waals surface area contributed by atoms with E-state index >= 15 is 0 Å². The zero-order valence-corrected chi connectivity index (χ0v) is 9.60. The number of nitriles is 1. The second kappa shape index (κ2) is 4.71. The minimum absolute atomic E-state index is 0.177. The van der Waals surface area contributed by atoms with E-state index in [2.05, 4.69) is 5.32 Å². The first kappa shape index (κ1) is 11.2. The molecule has 1 aliphatic heterocycles. The molecule has 4 nitrogen and oxygen atoms in total. The average molecular weight is 227 g/mol. The molecule has 0 aliphatic carbocycles. The molecule has 1 aromatic rings. The van der Waals surface area contributed by atoms with Crippen LogP contribution in [0.3, 0.4) is 0 Å². The van der Waals surface area contributed by atoms with Crippen LogP contribution in [-0.2, 0) is 0 Å². The Hall–Kier alpha value is -2.28. The van der Waals surface area contributed by atoms with Gasteiger partial charge in [0.2, 0.25) is 5.78 Å². The molecule has 0 saturated carbocycles. The number of likely N-dealkylation sites (N-methyl/N-ethyl adjacent to an activating group) is 1. The van der Waals surface area contributed by atoms with Gasteiger partial charge in [-0.15, -0.1) is 0 Å². The monoisotopic (exact) mass is 227 g/mol. The van der Waals surface area contributed by atoms with Gasteiger partial charge in [0.15, 0.2) is 0 Å². The number of hydrogen-bond acceptors (Lipinski definition) is 4. The summed E-state index contributed by atoms with van der Waals surface area (Å²) in [5.74, 6) is 0.394. The number of nitrogens with zero attached hydrogens (tertiary/aromatic N) is 2. The summed E-state index contributed by atoms with van der Waals surface area (Å²) in [4.78, 5) is 14.0. The second-order valence-corrected chi connectivity index (χ2v) is 3.88. The highest BCUT2D eigenvalue weighted by molar-refractivity contribution is 6.11. The molecule has 2 rings (SSSR count). The summed E-state index contributed by atoms with van der Waals surface area (Å²) < 4.78 is 0. The van der Waals surface area contributed by atoms with Crippen LogP contribution in [0, 0.1) is 11.3 Å². The maximum atomic E-state index is 12.2. The van der Waals surface area contributed by atoms with E-state index in [1.807, 2.05) is 24.1 Å². The topological polar surface area (TPSA) is 56.1 Å². The zero-order valence-electron chi connectivity index (χ0n) is 9.60. The molecular formula is C13H13N3O. The SMILES string of the molecule is CN1CCN/C1=C(\C#N)C(=O)c1ccccc1. The lowest BCUT2D eigenvalue weighted by molar-refractivity contribution is 0.103. The second-order valence-electron chi connectivity index (χ2n) is 3.88. The van der Waals surface area contributed by atoms with Crippen molar-refractivity contribution in [3.8, 4) is 6.07 Å². The van der Waals surface area contributed by atoms with Crippen LogP contribution in [-0.4, -0.2) is 30.8 Å². The number of ketones is 1. The van der Waals surface area contributed by atoms with Crippen LogP contribution in [0.1, 0.15) is 10.4 Å². The molecule has 86 valence electrons. The van der Waals surface area contributed by atoms with E-state index in [1.165, 1.54) is 0 Å². The third-order valence-electron chi connectivity index (χ3n) is 2.73. The molecule has 0 atom stereocenters. The molecule has 0 amide bonds. The molecule has 0 radical (unpaired) electrons. The minimum atomic E-state index is -0.232. The Morgan fingerprint density at radius 3 is 2.65 bits per heavy atom. The number of nitrogens with one attached hydrogen (secondary N) is 1. The molecule has 0 unspecified atom stereocenters.